The van der Waals surface area contributed by atoms with Crippen LogP contribution in [0.1, 0.15) is 42.9 Å². The third kappa shape index (κ3) is 5.30. The normalized spacial score (nSPS) is 11.7. The zero-order valence-electron chi connectivity index (χ0n) is 18.9. The molecule has 36 heavy (non-hydrogen) atoms. The van der Waals surface area contributed by atoms with Crippen molar-refractivity contribution < 1.29 is 24.3 Å². The molecule has 0 unspecified atom stereocenters. The van der Waals surface area contributed by atoms with Crippen molar-refractivity contribution in [3.63, 3.8) is 0 Å². The van der Waals surface area contributed by atoms with Gasteiger partial charge in [0, 0.05) is 29.2 Å². The Bertz CT molecular complexity index is 1450. The van der Waals surface area contributed by atoms with E-state index in [-0.39, 0.29) is 27.6 Å². The van der Waals surface area contributed by atoms with Crippen molar-refractivity contribution in [3.8, 4) is 0 Å². The van der Waals surface area contributed by atoms with Crippen LogP contribution >= 0.6 is 22.9 Å². The van der Waals surface area contributed by atoms with Crippen molar-refractivity contribution in [2.24, 2.45) is 0 Å². The first-order chi connectivity index (χ1) is 17.3. The molecule has 11 heteroatoms. The zero-order chi connectivity index (χ0) is 25.8. The van der Waals surface area contributed by atoms with Gasteiger partial charge in [-0.25, -0.2) is 10.4 Å². The average Bonchev–Trinajstić information content (AvgIpc) is 3.57. The molecule has 9 nitrogen and oxygen atoms in total. The molecule has 0 saturated heterocycles. The number of nitrogens with one attached hydrogen (secondary N) is 3. The first kappa shape index (κ1) is 25.1. The third-order valence-corrected chi connectivity index (χ3v) is 6.59. The van der Waals surface area contributed by atoms with Crippen LogP contribution in [0.25, 0.3) is 10.9 Å². The molecule has 2 aromatic heterocycles. The summed E-state index contributed by atoms with van der Waals surface area (Å²) in [6, 6.07) is 13.7. The summed E-state index contributed by atoms with van der Waals surface area (Å²) in [5, 5.41) is 15.3. The highest BCUT2D eigenvalue weighted by molar-refractivity contribution is 7.12. The van der Waals surface area contributed by atoms with E-state index in [1.54, 1.807) is 11.4 Å². The molecule has 4 rings (SSSR count). The monoisotopic (exact) mass is 524 g/mol. The van der Waals surface area contributed by atoms with Crippen LogP contribution in [0.15, 0.2) is 66.2 Å². The van der Waals surface area contributed by atoms with Crippen LogP contribution < -0.4 is 10.7 Å². The van der Waals surface area contributed by atoms with E-state index in [9.17, 15) is 24.3 Å². The molecule has 4 aromatic rings. The largest absolute Gasteiger partial charge is 0.480 e. The Hall–Kier alpha value is -3.99. The number of hydrogen-bond acceptors (Lipinski definition) is 6. The number of amides is 3. The van der Waals surface area contributed by atoms with Gasteiger partial charge in [-0.05, 0) is 54.3 Å². The number of nitrogens with zero attached hydrogens (tertiary/aromatic N) is 1. The van der Waals surface area contributed by atoms with Gasteiger partial charge < -0.3 is 15.4 Å². The molecular weight excluding hydrogens is 504 g/mol. The fraction of sp³-hybridized carbons (Fsp3) is 0.120. The number of benzene rings is 2. The Morgan fingerprint density at radius 1 is 1.08 bits per heavy atom. The van der Waals surface area contributed by atoms with Gasteiger partial charge in [0.25, 0.3) is 17.7 Å². The molecule has 0 aliphatic heterocycles. The topological polar surface area (TPSA) is 132 Å². The van der Waals surface area contributed by atoms with Crippen molar-refractivity contribution in [2.45, 2.75) is 19.5 Å². The molecule has 0 bridgehead atoms. The fourth-order valence-corrected chi connectivity index (χ4v) is 4.42. The van der Waals surface area contributed by atoms with Gasteiger partial charge in [0.05, 0.1) is 15.5 Å². The maximum atomic E-state index is 13.2. The van der Waals surface area contributed by atoms with Crippen LogP contribution in [0.3, 0.4) is 0 Å². The standard InChI is InChI=1S/C25H21ClN4O5S/c1-14(25(34)35)29-30(24(33)21-6-3-11-36-21)23(32)18-8-7-15(12-19(18)26)22(31)28-13-16-4-2-5-20-17(16)9-10-27-20/h2-12,14,27,29H,13H2,1H3,(H,28,31)(H,34,35)/t14-/m0/s1. The Morgan fingerprint density at radius 2 is 1.89 bits per heavy atom. The molecule has 3 amide bonds. The average molecular weight is 525 g/mol. The summed E-state index contributed by atoms with van der Waals surface area (Å²) in [6.45, 7) is 1.58. The third-order valence-electron chi connectivity index (χ3n) is 5.42. The van der Waals surface area contributed by atoms with Gasteiger partial charge in [-0.3, -0.25) is 19.2 Å². The van der Waals surface area contributed by atoms with Gasteiger partial charge in [0.1, 0.15) is 6.04 Å². The maximum Gasteiger partial charge on any atom is 0.322 e. The van der Waals surface area contributed by atoms with Gasteiger partial charge in [-0.15, -0.1) is 11.3 Å². The lowest BCUT2D eigenvalue weighted by Crippen LogP contribution is -2.52. The molecule has 1 atom stereocenters. The number of carboxylic acids is 1. The number of carbonyl (C=O) groups excluding carboxylic acids is 3. The molecular formula is C25H21ClN4O5S. The molecule has 184 valence electrons. The number of aromatic amines is 1. The van der Waals surface area contributed by atoms with E-state index in [0.717, 1.165) is 27.8 Å². The minimum absolute atomic E-state index is 0.0610. The van der Waals surface area contributed by atoms with Crippen LogP contribution in [0.5, 0.6) is 0 Å². The zero-order valence-corrected chi connectivity index (χ0v) is 20.5. The van der Waals surface area contributed by atoms with Crippen LogP contribution in [0.4, 0.5) is 0 Å². The summed E-state index contributed by atoms with van der Waals surface area (Å²) in [7, 11) is 0. The smallest absolute Gasteiger partial charge is 0.322 e. The molecule has 4 N–H and O–H groups in total. The van der Waals surface area contributed by atoms with Crippen LogP contribution in [0.2, 0.25) is 5.02 Å². The molecule has 0 aliphatic rings. The molecule has 0 radical (unpaired) electrons. The highest BCUT2D eigenvalue weighted by Gasteiger charge is 2.30. The van der Waals surface area contributed by atoms with E-state index in [0.29, 0.717) is 5.01 Å². The summed E-state index contributed by atoms with van der Waals surface area (Å²) in [5.41, 5.74) is 4.46. The van der Waals surface area contributed by atoms with Crippen molar-refractivity contribution in [1.29, 1.82) is 0 Å². The highest BCUT2D eigenvalue weighted by atomic mass is 35.5. The second kappa shape index (κ2) is 10.7. The van der Waals surface area contributed by atoms with Gasteiger partial charge in [-0.1, -0.05) is 29.8 Å². The molecule has 2 aromatic carbocycles. The lowest BCUT2D eigenvalue weighted by Gasteiger charge is -2.24. The number of hydrazine groups is 1. The number of fused-ring (bicyclic) bond motifs is 1. The second-order valence-electron chi connectivity index (χ2n) is 7.85. The summed E-state index contributed by atoms with van der Waals surface area (Å²) in [4.78, 5) is 53.6. The fourth-order valence-electron chi connectivity index (χ4n) is 3.50. The first-order valence-corrected chi connectivity index (χ1v) is 12.1. The lowest BCUT2D eigenvalue weighted by molar-refractivity contribution is -0.139. The van der Waals surface area contributed by atoms with Gasteiger partial charge in [0.2, 0.25) is 0 Å². The summed E-state index contributed by atoms with van der Waals surface area (Å²) in [5.74, 6) is -3.22. The van der Waals surface area contributed by atoms with E-state index in [2.05, 4.69) is 15.7 Å². The van der Waals surface area contributed by atoms with E-state index >= 15 is 0 Å². The van der Waals surface area contributed by atoms with E-state index in [4.69, 9.17) is 11.6 Å². The number of carboxylic acid groups (broad SMARTS) is 1. The number of imide groups is 1. The Balaban J connectivity index is 1.52. The van der Waals surface area contributed by atoms with Crippen molar-refractivity contribution >= 4 is 57.5 Å². The Kier molecular flexibility index (Phi) is 7.49. The molecule has 0 spiro atoms. The first-order valence-electron chi connectivity index (χ1n) is 10.8. The molecule has 0 saturated carbocycles. The number of halogens is 1. The van der Waals surface area contributed by atoms with Crippen molar-refractivity contribution in [1.82, 2.24) is 20.7 Å². The number of carbonyl (C=O) groups is 4. The predicted molar refractivity (Wildman–Crippen MR) is 136 cm³/mol. The Morgan fingerprint density at radius 3 is 2.58 bits per heavy atom. The number of hydrogen-bond donors (Lipinski definition) is 4. The summed E-state index contributed by atoms with van der Waals surface area (Å²) in [6.07, 6.45) is 1.82. The molecule has 0 fully saturated rings. The lowest BCUT2D eigenvalue weighted by atomic mass is 10.1. The number of aliphatic carboxylic acids is 1. The summed E-state index contributed by atoms with van der Waals surface area (Å²) < 4.78 is 0. The van der Waals surface area contributed by atoms with E-state index in [1.807, 2.05) is 30.5 Å². The second-order valence-corrected chi connectivity index (χ2v) is 9.20. The highest BCUT2D eigenvalue weighted by Crippen LogP contribution is 2.22. The number of thiophene rings is 1. The van der Waals surface area contributed by atoms with Gasteiger partial charge >= 0.3 is 5.97 Å². The SMILES string of the molecule is C[C@H](NN(C(=O)c1cccs1)C(=O)c1ccc(C(=O)NCc2cccc3[nH]ccc23)cc1Cl)C(=O)O. The predicted octanol–water partition coefficient (Wildman–Crippen LogP) is 4.07. The van der Waals surface area contributed by atoms with E-state index < -0.39 is 29.7 Å². The summed E-state index contributed by atoms with van der Waals surface area (Å²) >= 11 is 7.44. The molecule has 0 aliphatic carbocycles. The minimum Gasteiger partial charge on any atom is -0.480 e. The van der Waals surface area contributed by atoms with Gasteiger partial charge in [0.15, 0.2) is 0 Å². The van der Waals surface area contributed by atoms with Crippen LogP contribution in [-0.2, 0) is 11.3 Å². The minimum atomic E-state index is -1.25. The molecule has 2 heterocycles. The van der Waals surface area contributed by atoms with Crippen LogP contribution in [-0.4, -0.2) is 44.8 Å². The maximum absolute atomic E-state index is 13.2. The van der Waals surface area contributed by atoms with Crippen molar-refractivity contribution in [3.05, 3.63) is 92.8 Å². The number of H-pyrrole nitrogens is 1. The number of rotatable bonds is 8. The number of aromatic nitrogens is 1. The van der Waals surface area contributed by atoms with E-state index in [1.165, 1.54) is 31.2 Å². The van der Waals surface area contributed by atoms with Crippen molar-refractivity contribution in [2.75, 3.05) is 0 Å². The quantitative estimate of drug-likeness (QED) is 0.203. The van der Waals surface area contributed by atoms with Crippen LogP contribution in [0, 0.1) is 0 Å². The van der Waals surface area contributed by atoms with Gasteiger partial charge in [-0.2, -0.15) is 0 Å². The Labute approximate surface area is 214 Å².